The first-order valence-corrected chi connectivity index (χ1v) is 7.94. The number of aryl methyl sites for hydroxylation is 1. The van der Waals surface area contributed by atoms with Crippen LogP contribution in [0.25, 0.3) is 0 Å². The molecule has 3 rings (SSSR count). The second-order valence-electron chi connectivity index (χ2n) is 5.74. The summed E-state index contributed by atoms with van der Waals surface area (Å²) in [5.41, 5.74) is 2.36. The Morgan fingerprint density at radius 2 is 2.13 bits per heavy atom. The molecular formula is C19H21NO3. The van der Waals surface area contributed by atoms with Gasteiger partial charge in [0.25, 0.3) is 5.91 Å². The minimum atomic E-state index is -0.112. The zero-order valence-electron chi connectivity index (χ0n) is 13.2. The molecule has 120 valence electrons. The fraction of sp³-hybridized carbons (Fsp3) is 0.316. The van der Waals surface area contributed by atoms with Crippen LogP contribution in [0.2, 0.25) is 0 Å². The van der Waals surface area contributed by atoms with Crippen LogP contribution < -0.4 is 10.1 Å². The second-order valence-corrected chi connectivity index (χ2v) is 5.74. The standard InChI is InChI=1S/C19H21NO3/c1-14-6-2-3-10-18(14)19(21)20-15-7-4-8-16(12-15)23-13-17-9-5-11-22-17/h2-4,6-8,10,12,17H,5,9,11,13H2,1H3,(H,20,21). The monoisotopic (exact) mass is 311 g/mol. The summed E-state index contributed by atoms with van der Waals surface area (Å²) in [6, 6.07) is 15.0. The van der Waals surface area contributed by atoms with E-state index in [4.69, 9.17) is 9.47 Å². The minimum absolute atomic E-state index is 0.112. The first kappa shape index (κ1) is 15.6. The zero-order valence-corrected chi connectivity index (χ0v) is 13.2. The summed E-state index contributed by atoms with van der Waals surface area (Å²) in [7, 11) is 0. The summed E-state index contributed by atoms with van der Waals surface area (Å²) in [6.45, 7) is 3.30. The van der Waals surface area contributed by atoms with Crippen LogP contribution >= 0.6 is 0 Å². The largest absolute Gasteiger partial charge is 0.491 e. The smallest absolute Gasteiger partial charge is 0.255 e. The van der Waals surface area contributed by atoms with Crippen molar-refractivity contribution in [1.29, 1.82) is 0 Å². The van der Waals surface area contributed by atoms with Crippen LogP contribution in [0, 0.1) is 6.92 Å². The van der Waals surface area contributed by atoms with E-state index in [1.54, 1.807) is 0 Å². The lowest BCUT2D eigenvalue weighted by Crippen LogP contribution is -2.16. The highest BCUT2D eigenvalue weighted by atomic mass is 16.5. The molecule has 1 fully saturated rings. The van der Waals surface area contributed by atoms with Gasteiger partial charge in [0, 0.05) is 23.9 Å². The van der Waals surface area contributed by atoms with E-state index >= 15 is 0 Å². The Hall–Kier alpha value is -2.33. The maximum absolute atomic E-state index is 12.3. The molecule has 2 aromatic carbocycles. The van der Waals surface area contributed by atoms with Gasteiger partial charge in [0.05, 0.1) is 6.10 Å². The van der Waals surface area contributed by atoms with Crippen molar-refractivity contribution in [2.75, 3.05) is 18.5 Å². The third kappa shape index (κ3) is 4.11. The topological polar surface area (TPSA) is 47.6 Å². The third-order valence-electron chi connectivity index (χ3n) is 3.94. The van der Waals surface area contributed by atoms with Crippen molar-refractivity contribution in [3.05, 3.63) is 59.7 Å². The predicted molar refractivity (Wildman–Crippen MR) is 90.0 cm³/mol. The molecule has 4 heteroatoms. The Morgan fingerprint density at radius 3 is 2.91 bits per heavy atom. The summed E-state index contributed by atoms with van der Waals surface area (Å²) in [5.74, 6) is 0.627. The number of nitrogens with one attached hydrogen (secondary N) is 1. The van der Waals surface area contributed by atoms with Crippen molar-refractivity contribution >= 4 is 11.6 Å². The van der Waals surface area contributed by atoms with Crippen LogP contribution in [0.3, 0.4) is 0 Å². The SMILES string of the molecule is Cc1ccccc1C(=O)Nc1cccc(OCC2CCCO2)c1. The molecule has 0 spiro atoms. The summed E-state index contributed by atoms with van der Waals surface area (Å²) in [4.78, 5) is 12.3. The molecular weight excluding hydrogens is 290 g/mol. The van der Waals surface area contributed by atoms with Gasteiger partial charge in [0.1, 0.15) is 12.4 Å². The van der Waals surface area contributed by atoms with Gasteiger partial charge in [0.2, 0.25) is 0 Å². The highest BCUT2D eigenvalue weighted by Gasteiger charge is 2.16. The zero-order chi connectivity index (χ0) is 16.1. The fourth-order valence-corrected chi connectivity index (χ4v) is 2.65. The van der Waals surface area contributed by atoms with Gasteiger partial charge >= 0.3 is 0 Å². The molecule has 1 aliphatic rings. The first-order valence-electron chi connectivity index (χ1n) is 7.94. The average molecular weight is 311 g/mol. The highest BCUT2D eigenvalue weighted by molar-refractivity contribution is 6.05. The van der Waals surface area contributed by atoms with Crippen LogP contribution in [-0.2, 0) is 4.74 Å². The van der Waals surface area contributed by atoms with Crippen molar-refractivity contribution in [2.45, 2.75) is 25.9 Å². The summed E-state index contributed by atoms with van der Waals surface area (Å²) >= 11 is 0. The number of benzene rings is 2. The van der Waals surface area contributed by atoms with Gasteiger partial charge in [-0.15, -0.1) is 0 Å². The molecule has 2 aromatic rings. The van der Waals surface area contributed by atoms with Crippen LogP contribution in [-0.4, -0.2) is 25.2 Å². The third-order valence-corrected chi connectivity index (χ3v) is 3.94. The predicted octanol–water partition coefficient (Wildman–Crippen LogP) is 3.81. The van der Waals surface area contributed by atoms with Gasteiger partial charge in [-0.3, -0.25) is 4.79 Å². The van der Waals surface area contributed by atoms with Gasteiger partial charge in [-0.25, -0.2) is 0 Å². The fourth-order valence-electron chi connectivity index (χ4n) is 2.65. The molecule has 1 aliphatic heterocycles. The molecule has 1 unspecified atom stereocenters. The van der Waals surface area contributed by atoms with E-state index in [1.165, 1.54) is 0 Å². The number of amides is 1. The average Bonchev–Trinajstić information content (AvgIpc) is 3.07. The van der Waals surface area contributed by atoms with Crippen LogP contribution in [0.5, 0.6) is 5.75 Å². The van der Waals surface area contributed by atoms with Gasteiger partial charge in [-0.1, -0.05) is 24.3 Å². The number of ether oxygens (including phenoxy) is 2. The Balaban J connectivity index is 1.63. The number of anilines is 1. The Kier molecular flexibility index (Phi) is 4.93. The molecule has 0 saturated carbocycles. The summed E-state index contributed by atoms with van der Waals surface area (Å²) in [5, 5.41) is 2.92. The molecule has 1 saturated heterocycles. The van der Waals surface area contributed by atoms with Gasteiger partial charge in [-0.2, -0.15) is 0 Å². The molecule has 0 aromatic heterocycles. The molecule has 1 heterocycles. The summed E-state index contributed by atoms with van der Waals surface area (Å²) in [6.07, 6.45) is 2.32. The van der Waals surface area contributed by atoms with Crippen molar-refractivity contribution in [3.8, 4) is 5.75 Å². The molecule has 1 atom stereocenters. The second kappa shape index (κ2) is 7.29. The lowest BCUT2D eigenvalue weighted by Gasteiger charge is -2.13. The minimum Gasteiger partial charge on any atom is -0.491 e. The lowest BCUT2D eigenvalue weighted by molar-refractivity contribution is 0.0680. The molecule has 0 bridgehead atoms. The van der Waals surface area contributed by atoms with Gasteiger partial charge < -0.3 is 14.8 Å². The Labute approximate surface area is 136 Å². The van der Waals surface area contributed by atoms with Crippen molar-refractivity contribution in [2.24, 2.45) is 0 Å². The van der Waals surface area contributed by atoms with Crippen molar-refractivity contribution in [1.82, 2.24) is 0 Å². The Bertz CT molecular complexity index is 678. The van der Waals surface area contributed by atoms with E-state index in [2.05, 4.69) is 5.32 Å². The maximum Gasteiger partial charge on any atom is 0.255 e. The molecule has 1 N–H and O–H groups in total. The van der Waals surface area contributed by atoms with Crippen LogP contribution in [0.15, 0.2) is 48.5 Å². The Morgan fingerprint density at radius 1 is 1.26 bits per heavy atom. The quantitative estimate of drug-likeness (QED) is 0.913. The van der Waals surface area contributed by atoms with E-state index in [-0.39, 0.29) is 12.0 Å². The van der Waals surface area contributed by atoms with E-state index < -0.39 is 0 Å². The number of hydrogen-bond donors (Lipinski definition) is 1. The first-order chi connectivity index (χ1) is 11.2. The lowest BCUT2D eigenvalue weighted by atomic mass is 10.1. The highest BCUT2D eigenvalue weighted by Crippen LogP contribution is 2.20. The van der Waals surface area contributed by atoms with Crippen molar-refractivity contribution < 1.29 is 14.3 Å². The number of carbonyl (C=O) groups is 1. The van der Waals surface area contributed by atoms with E-state index in [9.17, 15) is 4.79 Å². The van der Waals surface area contributed by atoms with E-state index in [0.717, 1.165) is 36.4 Å². The van der Waals surface area contributed by atoms with E-state index in [0.29, 0.717) is 12.2 Å². The summed E-state index contributed by atoms with van der Waals surface area (Å²) < 4.78 is 11.3. The molecule has 0 aliphatic carbocycles. The van der Waals surface area contributed by atoms with Crippen LogP contribution in [0.1, 0.15) is 28.8 Å². The molecule has 4 nitrogen and oxygen atoms in total. The van der Waals surface area contributed by atoms with Gasteiger partial charge in [-0.05, 0) is 43.5 Å². The number of carbonyl (C=O) groups excluding carboxylic acids is 1. The van der Waals surface area contributed by atoms with Gasteiger partial charge in [0.15, 0.2) is 0 Å². The molecule has 1 amide bonds. The maximum atomic E-state index is 12.3. The van der Waals surface area contributed by atoms with E-state index in [1.807, 2.05) is 55.5 Å². The molecule has 0 radical (unpaired) electrons. The number of rotatable bonds is 5. The van der Waals surface area contributed by atoms with Crippen molar-refractivity contribution in [3.63, 3.8) is 0 Å². The molecule has 23 heavy (non-hydrogen) atoms. The van der Waals surface area contributed by atoms with Crippen LogP contribution in [0.4, 0.5) is 5.69 Å². The normalized spacial score (nSPS) is 17.0. The number of hydrogen-bond acceptors (Lipinski definition) is 3.